The van der Waals surface area contributed by atoms with Crippen molar-refractivity contribution in [1.82, 2.24) is 13.5 Å². The van der Waals surface area contributed by atoms with E-state index in [1.165, 1.54) is 0 Å². The van der Waals surface area contributed by atoms with E-state index in [0.717, 1.165) is 31.4 Å². The first kappa shape index (κ1) is 19.9. The van der Waals surface area contributed by atoms with Crippen molar-refractivity contribution in [2.75, 3.05) is 40.3 Å². The molecule has 0 aromatic heterocycles. The van der Waals surface area contributed by atoms with Gasteiger partial charge in [-0.15, -0.1) is 0 Å². The average Bonchev–Trinajstić information content (AvgIpc) is 3.04. The van der Waals surface area contributed by atoms with Crippen LogP contribution in [-0.4, -0.2) is 62.2 Å². The first-order chi connectivity index (χ1) is 11.3. The molecule has 2 rings (SSSR count). The quantitative estimate of drug-likeness (QED) is 0.681. The predicted molar refractivity (Wildman–Crippen MR) is 99.8 cm³/mol. The van der Waals surface area contributed by atoms with Crippen molar-refractivity contribution in [2.45, 2.75) is 25.8 Å². The molecule has 136 valence electrons. The second-order valence-electron chi connectivity index (χ2n) is 6.35. The first-order valence-corrected chi connectivity index (χ1v) is 10.3. The zero-order valence-electron chi connectivity index (χ0n) is 14.2. The van der Waals surface area contributed by atoms with Crippen molar-refractivity contribution in [2.24, 2.45) is 0 Å². The molecule has 1 fully saturated rings. The van der Waals surface area contributed by atoms with Crippen LogP contribution in [0, 0.1) is 0 Å². The normalized spacial score (nSPS) is 16.4. The Kier molecular flexibility index (Phi) is 7.34. The average molecular weight is 394 g/mol. The standard InChI is InChI=1S/C16H25Cl2N3O2S/c1-19(2)8-5-11-21(24(22,23)20-9-3-4-10-20)13-14-6-7-15(17)16(18)12-14/h6-7,12H,3-5,8-11,13H2,1-2H3. The van der Waals surface area contributed by atoms with E-state index < -0.39 is 10.2 Å². The molecule has 1 heterocycles. The Bertz CT molecular complexity index is 647. The molecule has 1 aromatic carbocycles. The number of halogens is 2. The van der Waals surface area contributed by atoms with E-state index in [0.29, 0.717) is 36.2 Å². The molecule has 0 amide bonds. The third kappa shape index (κ3) is 5.31. The minimum atomic E-state index is -3.45. The van der Waals surface area contributed by atoms with Crippen molar-refractivity contribution < 1.29 is 8.42 Å². The van der Waals surface area contributed by atoms with Gasteiger partial charge in [-0.1, -0.05) is 29.3 Å². The summed E-state index contributed by atoms with van der Waals surface area (Å²) in [6, 6.07) is 5.27. The first-order valence-electron chi connectivity index (χ1n) is 8.14. The Morgan fingerprint density at radius 3 is 2.33 bits per heavy atom. The zero-order chi connectivity index (χ0) is 17.7. The molecule has 1 aromatic rings. The second-order valence-corrected chi connectivity index (χ2v) is 9.10. The van der Waals surface area contributed by atoms with Crippen LogP contribution in [0.1, 0.15) is 24.8 Å². The molecule has 0 atom stereocenters. The van der Waals surface area contributed by atoms with Crippen molar-refractivity contribution in [3.8, 4) is 0 Å². The van der Waals surface area contributed by atoms with Crippen LogP contribution < -0.4 is 0 Å². The van der Waals surface area contributed by atoms with Gasteiger partial charge in [0.2, 0.25) is 0 Å². The van der Waals surface area contributed by atoms with E-state index in [4.69, 9.17) is 23.2 Å². The van der Waals surface area contributed by atoms with Gasteiger partial charge >= 0.3 is 0 Å². The van der Waals surface area contributed by atoms with Crippen molar-refractivity contribution in [3.05, 3.63) is 33.8 Å². The van der Waals surface area contributed by atoms with Crippen LogP contribution >= 0.6 is 23.2 Å². The van der Waals surface area contributed by atoms with E-state index in [9.17, 15) is 8.42 Å². The summed E-state index contributed by atoms with van der Waals surface area (Å²) in [5.41, 5.74) is 0.844. The number of hydrogen-bond donors (Lipinski definition) is 0. The van der Waals surface area contributed by atoms with Gasteiger partial charge in [0.1, 0.15) is 0 Å². The third-order valence-corrected chi connectivity index (χ3v) is 6.79. The smallest absolute Gasteiger partial charge is 0.282 e. The molecule has 1 aliphatic rings. The molecule has 0 unspecified atom stereocenters. The van der Waals surface area contributed by atoms with Crippen LogP contribution in [0.25, 0.3) is 0 Å². The Hall–Kier alpha value is -0.370. The highest BCUT2D eigenvalue weighted by Crippen LogP contribution is 2.25. The molecule has 0 saturated carbocycles. The fourth-order valence-corrected chi connectivity index (χ4v) is 4.80. The summed E-state index contributed by atoms with van der Waals surface area (Å²) in [5.74, 6) is 0. The van der Waals surface area contributed by atoms with E-state index >= 15 is 0 Å². The predicted octanol–water partition coefficient (Wildman–Crippen LogP) is 3.09. The largest absolute Gasteiger partial charge is 0.309 e. The van der Waals surface area contributed by atoms with Crippen LogP contribution in [0.3, 0.4) is 0 Å². The number of benzene rings is 1. The van der Waals surface area contributed by atoms with Crippen molar-refractivity contribution in [1.29, 1.82) is 0 Å². The van der Waals surface area contributed by atoms with Gasteiger partial charge in [-0.25, -0.2) is 0 Å². The molecule has 1 saturated heterocycles. The SMILES string of the molecule is CN(C)CCCN(Cc1ccc(Cl)c(Cl)c1)S(=O)(=O)N1CCCC1. The summed E-state index contributed by atoms with van der Waals surface area (Å²) in [5, 5.41) is 0.919. The third-order valence-electron chi connectivity index (χ3n) is 4.07. The Balaban J connectivity index is 2.16. The molecule has 0 radical (unpaired) electrons. The molecule has 0 aliphatic carbocycles. The summed E-state index contributed by atoms with van der Waals surface area (Å²) in [4.78, 5) is 2.06. The minimum absolute atomic E-state index is 0.309. The van der Waals surface area contributed by atoms with Crippen LogP contribution in [0.2, 0.25) is 10.0 Å². The molecule has 0 spiro atoms. The lowest BCUT2D eigenvalue weighted by molar-refractivity contribution is 0.324. The number of nitrogens with zero attached hydrogens (tertiary/aromatic N) is 3. The van der Waals surface area contributed by atoms with Crippen LogP contribution in [0.15, 0.2) is 18.2 Å². The number of rotatable bonds is 8. The zero-order valence-corrected chi connectivity index (χ0v) is 16.5. The highest BCUT2D eigenvalue weighted by atomic mass is 35.5. The molecular formula is C16H25Cl2N3O2S. The van der Waals surface area contributed by atoms with Gasteiger partial charge in [0.05, 0.1) is 10.0 Å². The summed E-state index contributed by atoms with van der Waals surface area (Å²) < 4.78 is 29.0. The van der Waals surface area contributed by atoms with Crippen molar-refractivity contribution in [3.63, 3.8) is 0 Å². The Morgan fingerprint density at radius 1 is 1.08 bits per heavy atom. The fraction of sp³-hybridized carbons (Fsp3) is 0.625. The topological polar surface area (TPSA) is 43.9 Å². The lowest BCUT2D eigenvalue weighted by Crippen LogP contribution is -2.43. The van der Waals surface area contributed by atoms with E-state index in [1.807, 2.05) is 20.2 Å². The van der Waals surface area contributed by atoms with Gasteiger partial charge in [0.15, 0.2) is 0 Å². The lowest BCUT2D eigenvalue weighted by Gasteiger charge is -2.28. The van der Waals surface area contributed by atoms with Crippen molar-refractivity contribution >= 4 is 33.4 Å². The van der Waals surface area contributed by atoms with Gasteiger partial charge < -0.3 is 4.90 Å². The van der Waals surface area contributed by atoms with Crippen LogP contribution in [0.5, 0.6) is 0 Å². The molecule has 0 N–H and O–H groups in total. The van der Waals surface area contributed by atoms with Gasteiger partial charge in [0.25, 0.3) is 10.2 Å². The van der Waals surface area contributed by atoms with Crippen LogP contribution in [0.4, 0.5) is 0 Å². The molecule has 1 aliphatic heterocycles. The molecule has 24 heavy (non-hydrogen) atoms. The summed E-state index contributed by atoms with van der Waals surface area (Å²) >= 11 is 12.0. The molecule has 8 heteroatoms. The van der Waals surface area contributed by atoms with Crippen LogP contribution in [-0.2, 0) is 16.8 Å². The Labute approximate surface area is 155 Å². The monoisotopic (exact) mass is 393 g/mol. The molecule has 5 nitrogen and oxygen atoms in total. The van der Waals surface area contributed by atoms with Gasteiger partial charge in [-0.05, 0) is 57.6 Å². The minimum Gasteiger partial charge on any atom is -0.309 e. The number of hydrogen-bond acceptors (Lipinski definition) is 3. The van der Waals surface area contributed by atoms with E-state index in [1.54, 1.807) is 20.7 Å². The highest BCUT2D eigenvalue weighted by molar-refractivity contribution is 7.86. The summed E-state index contributed by atoms with van der Waals surface area (Å²) in [7, 11) is 0.521. The second kappa shape index (κ2) is 8.83. The van der Waals surface area contributed by atoms with E-state index in [2.05, 4.69) is 4.90 Å². The fourth-order valence-electron chi connectivity index (χ4n) is 2.76. The van der Waals surface area contributed by atoms with E-state index in [-0.39, 0.29) is 0 Å². The maximum Gasteiger partial charge on any atom is 0.282 e. The lowest BCUT2D eigenvalue weighted by atomic mass is 10.2. The summed E-state index contributed by atoms with van der Waals surface area (Å²) in [6.45, 7) is 2.84. The summed E-state index contributed by atoms with van der Waals surface area (Å²) in [6.07, 6.45) is 2.64. The van der Waals surface area contributed by atoms with Gasteiger partial charge in [-0.3, -0.25) is 0 Å². The highest BCUT2D eigenvalue weighted by Gasteiger charge is 2.31. The molecule has 0 bridgehead atoms. The Morgan fingerprint density at radius 2 is 1.75 bits per heavy atom. The molecular weight excluding hydrogens is 369 g/mol. The maximum absolute atomic E-state index is 12.9. The van der Waals surface area contributed by atoms with Gasteiger partial charge in [-0.2, -0.15) is 17.0 Å². The maximum atomic E-state index is 12.9. The van der Waals surface area contributed by atoms with Gasteiger partial charge in [0, 0.05) is 26.2 Å².